The molecule has 1 fully saturated rings. The van der Waals surface area contributed by atoms with Crippen LogP contribution in [0.3, 0.4) is 0 Å². The molecule has 1 aromatic heterocycles. The number of H-pyrrole nitrogens is 1. The Labute approximate surface area is 113 Å². The van der Waals surface area contributed by atoms with Gasteiger partial charge in [-0.05, 0) is 6.92 Å². The molecule has 4 atom stereocenters. The van der Waals surface area contributed by atoms with Gasteiger partial charge in [0.1, 0.15) is 12.2 Å². The van der Waals surface area contributed by atoms with E-state index in [1.54, 1.807) is 0 Å². The summed E-state index contributed by atoms with van der Waals surface area (Å²) in [4.78, 5) is 25.1. The van der Waals surface area contributed by atoms with Gasteiger partial charge < -0.3 is 19.7 Å². The first-order valence-electron chi connectivity index (χ1n) is 5.93. The maximum Gasteiger partial charge on any atom is 0.330 e. The zero-order valence-corrected chi connectivity index (χ0v) is 11.1. The van der Waals surface area contributed by atoms with Crippen molar-refractivity contribution in [2.75, 3.05) is 13.7 Å². The first-order valence-corrected chi connectivity index (χ1v) is 5.93. The van der Waals surface area contributed by atoms with Crippen LogP contribution in [0.25, 0.3) is 0 Å². The van der Waals surface area contributed by atoms with Gasteiger partial charge in [-0.25, -0.2) is 4.79 Å². The Morgan fingerprint density at radius 3 is 2.75 bits per heavy atom. The highest BCUT2D eigenvalue weighted by atomic mass is 16.6. The van der Waals surface area contributed by atoms with Gasteiger partial charge in [0.05, 0.1) is 6.61 Å². The molecule has 0 aromatic carbocycles. The van der Waals surface area contributed by atoms with Crippen molar-refractivity contribution in [2.24, 2.45) is 5.73 Å². The fraction of sp³-hybridized carbons (Fsp3) is 0.636. The molecular formula is C11H17N3O6. The lowest BCUT2D eigenvalue weighted by atomic mass is 9.96. The largest absolute Gasteiger partial charge is 0.394 e. The highest BCUT2D eigenvalue weighted by Gasteiger charge is 2.63. The Bertz CT molecular complexity index is 613. The second kappa shape index (κ2) is 4.79. The van der Waals surface area contributed by atoms with Crippen LogP contribution in [-0.4, -0.2) is 51.4 Å². The number of aliphatic hydroxyl groups is 2. The number of hydrogen-bond acceptors (Lipinski definition) is 7. The number of rotatable bonds is 3. The van der Waals surface area contributed by atoms with E-state index >= 15 is 0 Å². The van der Waals surface area contributed by atoms with Crippen molar-refractivity contribution in [1.29, 1.82) is 0 Å². The van der Waals surface area contributed by atoms with Crippen molar-refractivity contribution in [1.82, 2.24) is 9.55 Å². The van der Waals surface area contributed by atoms with Gasteiger partial charge in [0.25, 0.3) is 5.56 Å². The van der Waals surface area contributed by atoms with Gasteiger partial charge in [-0.15, -0.1) is 0 Å². The fourth-order valence-corrected chi connectivity index (χ4v) is 2.45. The number of nitrogens with two attached hydrogens (primary N) is 1. The van der Waals surface area contributed by atoms with E-state index in [4.69, 9.17) is 15.2 Å². The van der Waals surface area contributed by atoms with Crippen LogP contribution < -0.4 is 17.0 Å². The lowest BCUT2D eigenvalue weighted by Crippen LogP contribution is -2.65. The molecule has 1 aliphatic rings. The molecule has 1 aliphatic heterocycles. The molecule has 1 saturated heterocycles. The van der Waals surface area contributed by atoms with Crippen LogP contribution in [0.15, 0.2) is 21.9 Å². The lowest BCUT2D eigenvalue weighted by molar-refractivity contribution is -0.198. The molecule has 0 radical (unpaired) electrons. The molecule has 0 unspecified atom stereocenters. The van der Waals surface area contributed by atoms with Crippen LogP contribution in [0.1, 0.15) is 6.92 Å². The highest BCUT2D eigenvalue weighted by Crippen LogP contribution is 2.41. The first-order chi connectivity index (χ1) is 9.30. The van der Waals surface area contributed by atoms with Gasteiger partial charge >= 0.3 is 5.69 Å². The number of nitrogens with zero attached hydrogens (tertiary/aromatic N) is 1. The van der Waals surface area contributed by atoms with Gasteiger partial charge in [-0.2, -0.15) is 0 Å². The van der Waals surface area contributed by atoms with E-state index in [2.05, 4.69) is 4.98 Å². The Kier molecular flexibility index (Phi) is 3.56. The third-order valence-electron chi connectivity index (χ3n) is 3.70. The van der Waals surface area contributed by atoms with Crippen LogP contribution >= 0.6 is 0 Å². The molecule has 0 spiro atoms. The Hall–Kier alpha value is -1.52. The predicted octanol–water partition coefficient (Wildman–Crippen LogP) is -2.74. The number of nitrogens with one attached hydrogen (secondary N) is 1. The average Bonchev–Trinajstić information content (AvgIpc) is 2.61. The number of hydrogen-bond donors (Lipinski definition) is 4. The Balaban J connectivity index is 2.62. The van der Waals surface area contributed by atoms with Gasteiger partial charge in [0.15, 0.2) is 11.4 Å². The molecule has 2 heterocycles. The molecule has 5 N–H and O–H groups in total. The maximum atomic E-state index is 11.9. The number of ether oxygens (including phenoxy) is 2. The normalized spacial score (nSPS) is 37.2. The molecule has 0 amide bonds. The van der Waals surface area contributed by atoms with Crippen molar-refractivity contribution in [3.05, 3.63) is 33.1 Å². The molecule has 112 valence electrons. The minimum Gasteiger partial charge on any atom is -0.394 e. The van der Waals surface area contributed by atoms with Gasteiger partial charge in [0, 0.05) is 19.4 Å². The molecule has 0 bridgehead atoms. The van der Waals surface area contributed by atoms with E-state index in [0.717, 1.165) is 10.6 Å². The summed E-state index contributed by atoms with van der Waals surface area (Å²) in [5.41, 5.74) is 1.31. The zero-order chi connectivity index (χ0) is 15.1. The van der Waals surface area contributed by atoms with Crippen LogP contribution in [0, 0.1) is 0 Å². The quantitative estimate of drug-likeness (QED) is 0.442. The summed E-state index contributed by atoms with van der Waals surface area (Å²) in [5.74, 6) is 0. The van der Waals surface area contributed by atoms with Crippen molar-refractivity contribution < 1.29 is 19.7 Å². The number of aromatic nitrogens is 2. The van der Waals surface area contributed by atoms with E-state index in [0.29, 0.717) is 0 Å². The van der Waals surface area contributed by atoms with Crippen LogP contribution in [0.5, 0.6) is 0 Å². The monoisotopic (exact) mass is 287 g/mol. The highest BCUT2D eigenvalue weighted by molar-refractivity contribution is 5.07. The lowest BCUT2D eigenvalue weighted by Gasteiger charge is -2.39. The molecule has 1 aromatic rings. The standard InChI is InChI=1S/C11H17N3O6/c1-10(14-4-3-7(16)13-9(14)18)11(12,19-2)8(17)6(5-15)20-10/h3-4,6,8,15,17H,5,12H2,1-2H3,(H,13,16,18)/t6-,8-,10-,11-/m1/s1. The molecule has 9 heteroatoms. The van der Waals surface area contributed by atoms with Crippen LogP contribution in [0.2, 0.25) is 0 Å². The van der Waals surface area contributed by atoms with E-state index in [1.807, 2.05) is 0 Å². The fourth-order valence-electron chi connectivity index (χ4n) is 2.45. The van der Waals surface area contributed by atoms with E-state index in [9.17, 15) is 19.8 Å². The summed E-state index contributed by atoms with van der Waals surface area (Å²) < 4.78 is 11.7. The second-order valence-electron chi connectivity index (χ2n) is 4.74. The molecular weight excluding hydrogens is 270 g/mol. The van der Waals surface area contributed by atoms with Gasteiger partial charge in [-0.3, -0.25) is 20.1 Å². The average molecular weight is 287 g/mol. The number of aromatic amines is 1. The summed E-state index contributed by atoms with van der Waals surface area (Å²) in [6, 6.07) is 1.12. The van der Waals surface area contributed by atoms with Crippen LogP contribution in [-0.2, 0) is 15.2 Å². The molecule has 20 heavy (non-hydrogen) atoms. The van der Waals surface area contributed by atoms with E-state index in [-0.39, 0.29) is 0 Å². The molecule has 2 rings (SSSR count). The van der Waals surface area contributed by atoms with E-state index < -0.39 is 41.5 Å². The Morgan fingerprint density at radius 2 is 2.25 bits per heavy atom. The molecule has 9 nitrogen and oxygen atoms in total. The van der Waals surface area contributed by atoms with Crippen molar-refractivity contribution in [3.8, 4) is 0 Å². The summed E-state index contributed by atoms with van der Waals surface area (Å²) in [6.45, 7) is 0.923. The summed E-state index contributed by atoms with van der Waals surface area (Å²) >= 11 is 0. The van der Waals surface area contributed by atoms with Crippen molar-refractivity contribution >= 4 is 0 Å². The smallest absolute Gasteiger partial charge is 0.330 e. The number of methoxy groups -OCH3 is 1. The predicted molar refractivity (Wildman–Crippen MR) is 66.9 cm³/mol. The summed E-state index contributed by atoms with van der Waals surface area (Å²) in [6.07, 6.45) is -1.20. The first kappa shape index (κ1) is 14.9. The second-order valence-corrected chi connectivity index (χ2v) is 4.74. The van der Waals surface area contributed by atoms with Crippen molar-refractivity contribution in [2.45, 2.75) is 30.6 Å². The third-order valence-corrected chi connectivity index (χ3v) is 3.70. The number of aliphatic hydroxyl groups excluding tert-OH is 2. The molecule has 0 aliphatic carbocycles. The van der Waals surface area contributed by atoms with E-state index in [1.165, 1.54) is 20.2 Å². The van der Waals surface area contributed by atoms with Gasteiger partial charge in [-0.1, -0.05) is 0 Å². The van der Waals surface area contributed by atoms with Crippen LogP contribution in [0.4, 0.5) is 0 Å². The molecule has 0 saturated carbocycles. The Morgan fingerprint density at radius 1 is 1.60 bits per heavy atom. The zero-order valence-electron chi connectivity index (χ0n) is 11.1. The summed E-state index contributed by atoms with van der Waals surface area (Å²) in [5, 5.41) is 19.3. The topological polar surface area (TPSA) is 140 Å². The summed E-state index contributed by atoms with van der Waals surface area (Å²) in [7, 11) is 1.25. The minimum absolute atomic E-state index is 0.503. The maximum absolute atomic E-state index is 11.9. The minimum atomic E-state index is -1.78. The van der Waals surface area contributed by atoms with Crippen molar-refractivity contribution in [3.63, 3.8) is 0 Å². The third kappa shape index (κ3) is 1.83. The van der Waals surface area contributed by atoms with Gasteiger partial charge in [0.2, 0.25) is 0 Å². The SMILES string of the molecule is CO[C@]1(N)[C@H](O)[C@@H](CO)O[C@@]1(C)n1ccc(=O)[nH]c1=O.